The highest BCUT2D eigenvalue weighted by molar-refractivity contribution is 5.56. The van der Waals surface area contributed by atoms with Crippen molar-refractivity contribution < 1.29 is 9.53 Å². The van der Waals surface area contributed by atoms with Crippen LogP contribution in [0.25, 0.3) is 0 Å². The second kappa shape index (κ2) is 4.89. The van der Waals surface area contributed by atoms with Crippen LogP contribution in [0.3, 0.4) is 0 Å². The zero-order valence-corrected chi connectivity index (χ0v) is 9.38. The lowest BCUT2D eigenvalue weighted by atomic mass is 9.92. The van der Waals surface area contributed by atoms with E-state index in [4.69, 9.17) is 4.74 Å². The number of carbonyl (C=O) groups is 1. The van der Waals surface area contributed by atoms with Crippen molar-refractivity contribution in [2.24, 2.45) is 5.92 Å². The molecule has 3 nitrogen and oxygen atoms in total. The molecule has 1 rings (SSSR count). The number of rotatable bonds is 3. The quantitative estimate of drug-likeness (QED) is 0.698. The topological polar surface area (TPSA) is 38.3 Å². The molecule has 1 fully saturated rings. The summed E-state index contributed by atoms with van der Waals surface area (Å²) in [5.74, 6) is 0.396. The van der Waals surface area contributed by atoms with Crippen LogP contribution < -0.4 is 5.32 Å². The summed E-state index contributed by atoms with van der Waals surface area (Å²) in [4.78, 5) is 10.9. The van der Waals surface area contributed by atoms with Gasteiger partial charge < -0.3 is 14.8 Å². The van der Waals surface area contributed by atoms with E-state index in [9.17, 15) is 4.79 Å². The average molecular weight is 199 g/mol. The fraction of sp³-hybridized carbons (Fsp3) is 0.909. The number of carbonyl (C=O) groups excluding carboxylic acids is 1. The monoisotopic (exact) mass is 199 g/mol. The van der Waals surface area contributed by atoms with Crippen LogP contribution in [0, 0.1) is 5.92 Å². The highest BCUT2D eigenvalue weighted by atomic mass is 16.5. The van der Waals surface area contributed by atoms with Crippen molar-refractivity contribution in [1.29, 1.82) is 0 Å². The van der Waals surface area contributed by atoms with Gasteiger partial charge in [0.15, 0.2) is 0 Å². The van der Waals surface area contributed by atoms with E-state index in [1.54, 1.807) is 0 Å². The van der Waals surface area contributed by atoms with Gasteiger partial charge in [0.2, 0.25) is 0 Å². The zero-order chi connectivity index (χ0) is 10.6. The van der Waals surface area contributed by atoms with Gasteiger partial charge in [0.1, 0.15) is 12.4 Å². The van der Waals surface area contributed by atoms with Crippen molar-refractivity contribution in [3.8, 4) is 0 Å². The molecule has 0 amide bonds. The average Bonchev–Trinajstić information content (AvgIpc) is 2.14. The molecule has 0 aromatic rings. The fourth-order valence-corrected chi connectivity index (χ4v) is 1.82. The summed E-state index contributed by atoms with van der Waals surface area (Å²) in [6.45, 7) is 7.98. The van der Waals surface area contributed by atoms with Crippen LogP contribution in [-0.4, -0.2) is 31.1 Å². The van der Waals surface area contributed by atoms with E-state index in [0.29, 0.717) is 5.92 Å². The number of aldehydes is 1. The Morgan fingerprint density at radius 1 is 1.36 bits per heavy atom. The summed E-state index contributed by atoms with van der Waals surface area (Å²) in [5.41, 5.74) is -0.226. The summed E-state index contributed by atoms with van der Waals surface area (Å²) in [5, 5.41) is 3.29. The van der Waals surface area contributed by atoms with Crippen LogP contribution in [0.2, 0.25) is 0 Å². The third-order valence-corrected chi connectivity index (χ3v) is 2.47. The van der Waals surface area contributed by atoms with Crippen molar-refractivity contribution in [2.45, 2.75) is 45.3 Å². The number of hydrogen-bond acceptors (Lipinski definition) is 3. The molecular weight excluding hydrogens is 178 g/mol. The number of piperidine rings is 1. The maximum atomic E-state index is 10.9. The van der Waals surface area contributed by atoms with Crippen molar-refractivity contribution in [2.75, 3.05) is 13.1 Å². The van der Waals surface area contributed by atoms with Crippen LogP contribution in [-0.2, 0) is 9.53 Å². The van der Waals surface area contributed by atoms with E-state index in [1.807, 2.05) is 20.8 Å². The lowest BCUT2D eigenvalue weighted by molar-refractivity contribution is -0.135. The van der Waals surface area contributed by atoms with Gasteiger partial charge >= 0.3 is 0 Å². The van der Waals surface area contributed by atoms with Crippen LogP contribution >= 0.6 is 0 Å². The van der Waals surface area contributed by atoms with Crippen molar-refractivity contribution in [3.63, 3.8) is 0 Å². The summed E-state index contributed by atoms with van der Waals surface area (Å²) in [6, 6.07) is 0. The number of hydrogen-bond donors (Lipinski definition) is 1. The third kappa shape index (κ3) is 3.76. The van der Waals surface area contributed by atoms with Gasteiger partial charge in [-0.05, 0) is 52.6 Å². The Kier molecular flexibility index (Phi) is 4.08. The molecule has 0 saturated carbocycles. The first-order chi connectivity index (χ1) is 6.53. The summed E-state index contributed by atoms with van der Waals surface area (Å²) in [6.07, 6.45) is 2.82. The molecule has 0 bridgehead atoms. The Morgan fingerprint density at radius 2 is 1.93 bits per heavy atom. The Labute approximate surface area is 86.2 Å². The maximum absolute atomic E-state index is 10.9. The normalized spacial score (nSPS) is 21.9. The van der Waals surface area contributed by atoms with Gasteiger partial charge in [-0.15, -0.1) is 0 Å². The van der Waals surface area contributed by atoms with Crippen LogP contribution in [0.15, 0.2) is 0 Å². The predicted molar refractivity (Wildman–Crippen MR) is 56.3 cm³/mol. The molecule has 3 heteroatoms. The Balaban J connectivity index is 2.47. The molecular formula is C11H21NO2. The number of nitrogens with one attached hydrogen (secondary N) is 1. The molecule has 1 N–H and O–H groups in total. The lowest BCUT2D eigenvalue weighted by Gasteiger charge is -2.32. The smallest absolute Gasteiger partial charge is 0.149 e. The van der Waals surface area contributed by atoms with Crippen LogP contribution in [0.5, 0.6) is 0 Å². The highest BCUT2D eigenvalue weighted by Gasteiger charge is 2.27. The van der Waals surface area contributed by atoms with Gasteiger partial charge in [0.25, 0.3) is 0 Å². The molecule has 1 heterocycles. The van der Waals surface area contributed by atoms with Crippen LogP contribution in [0.4, 0.5) is 0 Å². The SMILES string of the molecule is CC(C)(C)OC(C=O)C1CCNCC1. The Bertz CT molecular complexity index is 180. The highest BCUT2D eigenvalue weighted by Crippen LogP contribution is 2.22. The molecule has 0 radical (unpaired) electrons. The van der Waals surface area contributed by atoms with Gasteiger partial charge in [-0.1, -0.05) is 0 Å². The molecule has 14 heavy (non-hydrogen) atoms. The molecule has 0 aromatic carbocycles. The van der Waals surface area contributed by atoms with E-state index < -0.39 is 0 Å². The third-order valence-electron chi connectivity index (χ3n) is 2.47. The predicted octanol–water partition coefficient (Wildman–Crippen LogP) is 1.37. The molecule has 0 aromatic heterocycles. The van der Waals surface area contributed by atoms with Crippen LogP contribution in [0.1, 0.15) is 33.6 Å². The summed E-state index contributed by atoms with van der Waals surface area (Å²) in [7, 11) is 0. The fourth-order valence-electron chi connectivity index (χ4n) is 1.82. The Hall–Kier alpha value is -0.410. The van der Waals surface area contributed by atoms with Gasteiger partial charge in [0.05, 0.1) is 5.60 Å². The van der Waals surface area contributed by atoms with Gasteiger partial charge in [-0.2, -0.15) is 0 Å². The van der Waals surface area contributed by atoms with Gasteiger partial charge in [-0.3, -0.25) is 0 Å². The number of ether oxygens (including phenoxy) is 1. The standard InChI is InChI=1S/C11H21NO2/c1-11(2,3)14-10(8-13)9-4-6-12-7-5-9/h8-10,12H,4-7H2,1-3H3. The van der Waals surface area contributed by atoms with E-state index in [1.165, 1.54) is 0 Å². The molecule has 1 atom stereocenters. The van der Waals surface area contributed by atoms with E-state index in [0.717, 1.165) is 32.2 Å². The van der Waals surface area contributed by atoms with Crippen molar-refractivity contribution in [3.05, 3.63) is 0 Å². The van der Waals surface area contributed by atoms with Crippen molar-refractivity contribution in [1.82, 2.24) is 5.32 Å². The van der Waals surface area contributed by atoms with Gasteiger partial charge in [-0.25, -0.2) is 0 Å². The second-order valence-corrected chi connectivity index (χ2v) is 4.92. The van der Waals surface area contributed by atoms with E-state index in [2.05, 4.69) is 5.32 Å². The first-order valence-corrected chi connectivity index (χ1v) is 5.37. The first kappa shape index (κ1) is 11.7. The minimum Gasteiger partial charge on any atom is -0.365 e. The molecule has 82 valence electrons. The van der Waals surface area contributed by atoms with Gasteiger partial charge in [0, 0.05) is 0 Å². The lowest BCUT2D eigenvalue weighted by Crippen LogP contribution is -2.39. The molecule has 1 aliphatic heterocycles. The van der Waals surface area contributed by atoms with E-state index in [-0.39, 0.29) is 11.7 Å². The minimum absolute atomic E-state index is 0.225. The molecule has 0 aliphatic carbocycles. The van der Waals surface area contributed by atoms with Crippen molar-refractivity contribution >= 4 is 6.29 Å². The molecule has 1 saturated heterocycles. The Morgan fingerprint density at radius 3 is 2.36 bits per heavy atom. The minimum atomic E-state index is -0.226. The second-order valence-electron chi connectivity index (χ2n) is 4.92. The molecule has 1 aliphatic rings. The first-order valence-electron chi connectivity index (χ1n) is 5.37. The largest absolute Gasteiger partial charge is 0.365 e. The molecule has 1 unspecified atom stereocenters. The zero-order valence-electron chi connectivity index (χ0n) is 9.38. The maximum Gasteiger partial charge on any atom is 0.149 e. The molecule has 0 spiro atoms. The summed E-state index contributed by atoms with van der Waals surface area (Å²) < 4.78 is 5.73. The van der Waals surface area contributed by atoms with E-state index >= 15 is 0 Å². The summed E-state index contributed by atoms with van der Waals surface area (Å²) >= 11 is 0.